The molecular formula is C21H22N6OS2. The zero-order chi connectivity index (χ0) is 20.7. The van der Waals surface area contributed by atoms with Crippen molar-refractivity contribution in [2.75, 3.05) is 0 Å². The second-order valence-corrected chi connectivity index (χ2v) is 9.63. The number of tetrazole rings is 1. The third kappa shape index (κ3) is 3.35. The highest BCUT2D eigenvalue weighted by Gasteiger charge is 2.24. The first kappa shape index (κ1) is 19.4. The van der Waals surface area contributed by atoms with Gasteiger partial charge >= 0.3 is 0 Å². The molecule has 0 bridgehead atoms. The van der Waals surface area contributed by atoms with E-state index in [1.807, 2.05) is 37.3 Å². The van der Waals surface area contributed by atoms with Crippen molar-refractivity contribution in [2.24, 2.45) is 5.92 Å². The van der Waals surface area contributed by atoms with E-state index >= 15 is 0 Å². The molecule has 7 nitrogen and oxygen atoms in total. The van der Waals surface area contributed by atoms with Crippen LogP contribution in [-0.2, 0) is 25.1 Å². The van der Waals surface area contributed by atoms with E-state index in [9.17, 15) is 4.79 Å². The second-order valence-electron chi connectivity index (χ2n) is 7.61. The number of rotatable bonds is 5. The lowest BCUT2D eigenvalue weighted by molar-refractivity contribution is 0.509. The molecule has 3 heterocycles. The van der Waals surface area contributed by atoms with Crippen LogP contribution in [0.1, 0.15) is 36.5 Å². The Hall–Kier alpha value is -2.52. The van der Waals surface area contributed by atoms with E-state index in [1.165, 1.54) is 22.2 Å². The van der Waals surface area contributed by atoms with Gasteiger partial charge in [-0.3, -0.25) is 9.36 Å². The Bertz CT molecular complexity index is 1260. The van der Waals surface area contributed by atoms with Crippen LogP contribution in [0.2, 0.25) is 0 Å². The van der Waals surface area contributed by atoms with Gasteiger partial charge in [-0.25, -0.2) is 4.98 Å². The van der Waals surface area contributed by atoms with E-state index in [-0.39, 0.29) is 5.56 Å². The fraction of sp³-hybridized carbons (Fsp3) is 0.381. The van der Waals surface area contributed by atoms with E-state index in [0.717, 1.165) is 46.1 Å². The molecule has 3 aromatic heterocycles. The van der Waals surface area contributed by atoms with Gasteiger partial charge in [0.2, 0.25) is 0 Å². The minimum Gasteiger partial charge on any atom is -0.287 e. The second kappa shape index (κ2) is 7.96. The van der Waals surface area contributed by atoms with Crippen LogP contribution in [0.4, 0.5) is 0 Å². The zero-order valence-electron chi connectivity index (χ0n) is 16.9. The van der Waals surface area contributed by atoms with Crippen LogP contribution in [0.15, 0.2) is 40.3 Å². The molecule has 1 aliphatic carbocycles. The number of hydrogen-bond acceptors (Lipinski definition) is 7. The van der Waals surface area contributed by atoms with E-state index in [2.05, 4.69) is 22.4 Å². The number of thiophene rings is 1. The summed E-state index contributed by atoms with van der Waals surface area (Å²) >= 11 is 3.20. The number of thioether (sulfide) groups is 1. The summed E-state index contributed by atoms with van der Waals surface area (Å²) in [6.45, 7) is 4.87. The fourth-order valence-electron chi connectivity index (χ4n) is 3.99. The van der Waals surface area contributed by atoms with Crippen LogP contribution in [0.3, 0.4) is 0 Å². The number of hydrogen-bond donors (Lipinski definition) is 0. The Morgan fingerprint density at radius 3 is 2.90 bits per heavy atom. The lowest BCUT2D eigenvalue weighted by Crippen LogP contribution is -2.23. The number of aryl methyl sites for hydroxylation is 1. The number of fused-ring (bicyclic) bond motifs is 3. The fourth-order valence-corrected chi connectivity index (χ4v) is 6.38. The van der Waals surface area contributed by atoms with Crippen molar-refractivity contribution in [1.29, 1.82) is 0 Å². The highest BCUT2D eigenvalue weighted by Crippen LogP contribution is 2.36. The lowest BCUT2D eigenvalue weighted by Gasteiger charge is -2.17. The highest BCUT2D eigenvalue weighted by molar-refractivity contribution is 7.98. The minimum absolute atomic E-state index is 0.0831. The van der Waals surface area contributed by atoms with E-state index < -0.39 is 0 Å². The summed E-state index contributed by atoms with van der Waals surface area (Å²) < 4.78 is 3.51. The molecule has 0 saturated carbocycles. The smallest absolute Gasteiger partial charge is 0.263 e. The molecule has 1 aliphatic rings. The Balaban J connectivity index is 1.50. The Labute approximate surface area is 182 Å². The predicted molar refractivity (Wildman–Crippen MR) is 119 cm³/mol. The van der Waals surface area contributed by atoms with Crippen LogP contribution >= 0.6 is 23.1 Å². The van der Waals surface area contributed by atoms with Gasteiger partial charge < -0.3 is 0 Å². The average Bonchev–Trinajstić information content (AvgIpc) is 3.36. The van der Waals surface area contributed by atoms with Gasteiger partial charge in [0.05, 0.1) is 16.8 Å². The van der Waals surface area contributed by atoms with Crippen molar-refractivity contribution in [3.8, 4) is 5.69 Å². The van der Waals surface area contributed by atoms with Crippen LogP contribution in [0.5, 0.6) is 0 Å². The number of aromatic nitrogens is 6. The molecule has 0 spiro atoms. The summed E-state index contributed by atoms with van der Waals surface area (Å²) in [4.78, 5) is 20.4. The minimum atomic E-state index is 0.0831. The third-order valence-corrected chi connectivity index (χ3v) is 7.68. The molecule has 0 amide bonds. The topological polar surface area (TPSA) is 78.5 Å². The average molecular weight is 439 g/mol. The summed E-state index contributed by atoms with van der Waals surface area (Å²) in [5.74, 6) is 1.93. The maximum Gasteiger partial charge on any atom is 0.263 e. The van der Waals surface area contributed by atoms with Gasteiger partial charge in [0, 0.05) is 11.4 Å². The number of para-hydroxylation sites is 1. The SMILES string of the molecule is CCn1c(SCc2nnnn2-c2ccccc2)nc2sc3c(c2c1=O)CCC(C)C3. The molecule has 154 valence electrons. The molecule has 0 radical (unpaired) electrons. The van der Waals surface area contributed by atoms with Gasteiger partial charge in [-0.05, 0) is 60.2 Å². The molecule has 1 atom stereocenters. The molecular weight excluding hydrogens is 416 g/mol. The summed E-state index contributed by atoms with van der Waals surface area (Å²) in [6.07, 6.45) is 3.18. The first-order valence-electron chi connectivity index (χ1n) is 10.2. The molecule has 0 saturated heterocycles. The van der Waals surface area contributed by atoms with Gasteiger partial charge in [-0.15, -0.1) is 16.4 Å². The van der Waals surface area contributed by atoms with Crippen LogP contribution in [-0.4, -0.2) is 29.8 Å². The molecule has 5 rings (SSSR count). The van der Waals surface area contributed by atoms with Crippen LogP contribution in [0, 0.1) is 5.92 Å². The van der Waals surface area contributed by atoms with Gasteiger partial charge in [0.15, 0.2) is 11.0 Å². The monoisotopic (exact) mass is 438 g/mol. The molecule has 4 aromatic rings. The molecule has 0 fully saturated rings. The molecule has 1 aromatic carbocycles. The number of benzene rings is 1. The summed E-state index contributed by atoms with van der Waals surface area (Å²) in [7, 11) is 0. The Kier molecular flexibility index (Phi) is 5.16. The Morgan fingerprint density at radius 1 is 1.27 bits per heavy atom. The van der Waals surface area contributed by atoms with Crippen molar-refractivity contribution >= 4 is 33.3 Å². The van der Waals surface area contributed by atoms with Crippen molar-refractivity contribution in [2.45, 2.75) is 50.6 Å². The number of nitrogens with zero attached hydrogens (tertiary/aromatic N) is 6. The van der Waals surface area contributed by atoms with Crippen molar-refractivity contribution in [3.63, 3.8) is 0 Å². The zero-order valence-corrected chi connectivity index (χ0v) is 18.5. The first-order chi connectivity index (χ1) is 14.7. The standard InChI is InChI=1S/C21H22N6OS2/c1-3-26-20(28)18-15-10-9-13(2)11-16(15)30-19(18)22-21(26)29-12-17-23-24-25-27(17)14-7-5-4-6-8-14/h4-8,13H,3,9-12H2,1-2H3. The van der Waals surface area contributed by atoms with Crippen LogP contribution in [0.25, 0.3) is 15.9 Å². The van der Waals surface area contributed by atoms with Gasteiger partial charge in [-0.2, -0.15) is 4.68 Å². The maximum absolute atomic E-state index is 13.3. The quantitative estimate of drug-likeness (QED) is 0.348. The summed E-state index contributed by atoms with van der Waals surface area (Å²) in [5, 5.41) is 13.7. The maximum atomic E-state index is 13.3. The first-order valence-corrected chi connectivity index (χ1v) is 12.0. The van der Waals surface area contributed by atoms with E-state index in [1.54, 1.807) is 20.6 Å². The van der Waals surface area contributed by atoms with Crippen molar-refractivity contribution in [1.82, 2.24) is 29.8 Å². The molecule has 1 unspecified atom stereocenters. The van der Waals surface area contributed by atoms with E-state index in [4.69, 9.17) is 4.98 Å². The van der Waals surface area contributed by atoms with Gasteiger partial charge in [-0.1, -0.05) is 36.9 Å². The van der Waals surface area contributed by atoms with Crippen molar-refractivity contribution in [3.05, 3.63) is 57.0 Å². The predicted octanol–water partition coefficient (Wildman–Crippen LogP) is 3.87. The largest absolute Gasteiger partial charge is 0.287 e. The molecule has 0 aliphatic heterocycles. The van der Waals surface area contributed by atoms with Crippen molar-refractivity contribution < 1.29 is 0 Å². The normalized spacial score (nSPS) is 16.1. The summed E-state index contributed by atoms with van der Waals surface area (Å²) in [5.41, 5.74) is 2.23. The molecule has 0 N–H and O–H groups in total. The van der Waals surface area contributed by atoms with E-state index in [0.29, 0.717) is 18.2 Å². The molecule has 30 heavy (non-hydrogen) atoms. The van der Waals surface area contributed by atoms with Gasteiger partial charge in [0.25, 0.3) is 5.56 Å². The third-order valence-electron chi connectivity index (χ3n) is 5.56. The highest BCUT2D eigenvalue weighted by atomic mass is 32.2. The van der Waals surface area contributed by atoms with Gasteiger partial charge in [0.1, 0.15) is 4.83 Å². The lowest BCUT2D eigenvalue weighted by atomic mass is 9.89. The Morgan fingerprint density at radius 2 is 2.10 bits per heavy atom. The summed E-state index contributed by atoms with van der Waals surface area (Å²) in [6, 6.07) is 9.81. The molecule has 9 heteroatoms. The van der Waals surface area contributed by atoms with Crippen LogP contribution < -0.4 is 5.56 Å².